The van der Waals surface area contributed by atoms with Crippen LogP contribution in [-0.4, -0.2) is 28.1 Å². The predicted octanol–water partition coefficient (Wildman–Crippen LogP) is 1.94. The Morgan fingerprint density at radius 2 is 1.45 bits per heavy atom. The van der Waals surface area contributed by atoms with Crippen molar-refractivity contribution in [3.05, 3.63) is 71.3 Å². The lowest BCUT2D eigenvalue weighted by molar-refractivity contribution is -0.139. The molecule has 1 atom stereocenters. The maximum absolute atomic E-state index is 12.1. The SMILES string of the molecule is O=C(NC(C(=O)O)c1ccccc1C(=O)O)c1ccccc1. The molecule has 0 aromatic heterocycles. The van der Waals surface area contributed by atoms with Crippen LogP contribution in [0.25, 0.3) is 0 Å². The molecule has 0 aliphatic carbocycles. The number of rotatable bonds is 5. The minimum atomic E-state index is -1.44. The van der Waals surface area contributed by atoms with E-state index < -0.39 is 23.9 Å². The van der Waals surface area contributed by atoms with Gasteiger partial charge in [-0.3, -0.25) is 4.79 Å². The maximum atomic E-state index is 12.1. The lowest BCUT2D eigenvalue weighted by atomic mass is 10.00. The molecule has 0 spiro atoms. The highest BCUT2D eigenvalue weighted by molar-refractivity contribution is 5.98. The summed E-state index contributed by atoms with van der Waals surface area (Å²) in [6, 6.07) is 12.3. The number of benzene rings is 2. The zero-order valence-electron chi connectivity index (χ0n) is 11.4. The summed E-state index contributed by atoms with van der Waals surface area (Å²) in [5, 5.41) is 20.8. The first-order valence-electron chi connectivity index (χ1n) is 6.41. The van der Waals surface area contributed by atoms with Gasteiger partial charge in [0.2, 0.25) is 0 Å². The summed E-state index contributed by atoms with van der Waals surface area (Å²) in [6.45, 7) is 0. The van der Waals surface area contributed by atoms with E-state index in [9.17, 15) is 19.5 Å². The van der Waals surface area contributed by atoms with E-state index in [2.05, 4.69) is 5.32 Å². The standard InChI is InChI=1S/C16H13NO5/c18-14(10-6-2-1-3-7-10)17-13(16(21)22)11-8-4-5-9-12(11)15(19)20/h1-9,13H,(H,17,18)(H,19,20)(H,21,22). The normalized spacial score (nSPS) is 11.5. The molecule has 0 fully saturated rings. The van der Waals surface area contributed by atoms with E-state index in [0.29, 0.717) is 5.56 Å². The number of aliphatic carboxylic acids is 1. The van der Waals surface area contributed by atoms with Crippen LogP contribution in [0.5, 0.6) is 0 Å². The second-order valence-electron chi connectivity index (χ2n) is 4.50. The Labute approximate surface area is 126 Å². The molecule has 22 heavy (non-hydrogen) atoms. The first-order chi connectivity index (χ1) is 10.5. The maximum Gasteiger partial charge on any atom is 0.336 e. The highest BCUT2D eigenvalue weighted by atomic mass is 16.4. The van der Waals surface area contributed by atoms with Crippen molar-refractivity contribution < 1.29 is 24.6 Å². The number of carboxylic acids is 2. The molecule has 0 saturated carbocycles. The lowest BCUT2D eigenvalue weighted by Crippen LogP contribution is -2.34. The van der Waals surface area contributed by atoms with Gasteiger partial charge in [0.05, 0.1) is 5.56 Å². The highest BCUT2D eigenvalue weighted by Crippen LogP contribution is 2.19. The number of carboxylic acid groups (broad SMARTS) is 2. The minimum Gasteiger partial charge on any atom is -0.479 e. The van der Waals surface area contributed by atoms with Crippen molar-refractivity contribution in [2.24, 2.45) is 0 Å². The number of nitrogens with one attached hydrogen (secondary N) is 1. The van der Waals surface area contributed by atoms with E-state index >= 15 is 0 Å². The molecule has 6 nitrogen and oxygen atoms in total. The fourth-order valence-corrected chi connectivity index (χ4v) is 2.02. The number of carbonyl (C=O) groups is 3. The summed E-state index contributed by atoms with van der Waals surface area (Å²) in [6.07, 6.45) is 0. The number of amides is 1. The molecule has 1 amide bonds. The summed E-state index contributed by atoms with van der Waals surface area (Å²) < 4.78 is 0. The molecule has 2 rings (SSSR count). The molecule has 112 valence electrons. The fourth-order valence-electron chi connectivity index (χ4n) is 2.02. The molecule has 1 unspecified atom stereocenters. The lowest BCUT2D eigenvalue weighted by Gasteiger charge is -2.17. The first-order valence-corrected chi connectivity index (χ1v) is 6.41. The summed E-state index contributed by atoms with van der Waals surface area (Å²) in [5.41, 5.74) is 0.150. The van der Waals surface area contributed by atoms with Gasteiger partial charge in [0.25, 0.3) is 5.91 Å². The van der Waals surface area contributed by atoms with Gasteiger partial charge in [-0.1, -0.05) is 36.4 Å². The molecular formula is C16H13NO5. The topological polar surface area (TPSA) is 104 Å². The second kappa shape index (κ2) is 6.53. The third-order valence-corrected chi connectivity index (χ3v) is 3.06. The van der Waals surface area contributed by atoms with Crippen molar-refractivity contribution in [1.82, 2.24) is 5.32 Å². The zero-order chi connectivity index (χ0) is 16.1. The van der Waals surface area contributed by atoms with Crippen LogP contribution in [-0.2, 0) is 4.79 Å². The van der Waals surface area contributed by atoms with E-state index in [1.54, 1.807) is 18.2 Å². The van der Waals surface area contributed by atoms with Gasteiger partial charge in [0, 0.05) is 11.1 Å². The van der Waals surface area contributed by atoms with E-state index in [1.165, 1.54) is 36.4 Å². The van der Waals surface area contributed by atoms with Crippen LogP contribution in [0.2, 0.25) is 0 Å². The largest absolute Gasteiger partial charge is 0.479 e. The molecule has 0 aliphatic rings. The van der Waals surface area contributed by atoms with Crippen LogP contribution in [0.4, 0.5) is 0 Å². The molecule has 3 N–H and O–H groups in total. The molecule has 0 radical (unpaired) electrons. The fraction of sp³-hybridized carbons (Fsp3) is 0.0625. The Hall–Kier alpha value is -3.15. The Morgan fingerprint density at radius 3 is 2.05 bits per heavy atom. The predicted molar refractivity (Wildman–Crippen MR) is 77.7 cm³/mol. The van der Waals surface area contributed by atoms with E-state index in [1.807, 2.05) is 0 Å². The van der Waals surface area contributed by atoms with Gasteiger partial charge in [-0.25, -0.2) is 9.59 Å². The number of carbonyl (C=O) groups excluding carboxylic acids is 1. The van der Waals surface area contributed by atoms with Gasteiger partial charge < -0.3 is 15.5 Å². The van der Waals surface area contributed by atoms with Gasteiger partial charge in [-0.05, 0) is 18.2 Å². The summed E-state index contributed by atoms with van der Waals surface area (Å²) in [5.74, 6) is -3.18. The van der Waals surface area contributed by atoms with Crippen molar-refractivity contribution >= 4 is 17.8 Å². The smallest absolute Gasteiger partial charge is 0.336 e. The molecular weight excluding hydrogens is 286 g/mol. The molecule has 0 bridgehead atoms. The monoisotopic (exact) mass is 299 g/mol. The third-order valence-electron chi connectivity index (χ3n) is 3.06. The van der Waals surface area contributed by atoms with Crippen molar-refractivity contribution in [3.8, 4) is 0 Å². The summed E-state index contributed by atoms with van der Waals surface area (Å²) in [4.78, 5) is 34.7. The first kappa shape index (κ1) is 15.2. The van der Waals surface area contributed by atoms with Crippen molar-refractivity contribution in [2.45, 2.75) is 6.04 Å². The average Bonchev–Trinajstić information content (AvgIpc) is 2.53. The van der Waals surface area contributed by atoms with Gasteiger partial charge >= 0.3 is 11.9 Å². The van der Waals surface area contributed by atoms with Crippen molar-refractivity contribution in [2.75, 3.05) is 0 Å². The summed E-state index contributed by atoms with van der Waals surface area (Å²) >= 11 is 0. The third kappa shape index (κ3) is 3.29. The Balaban J connectivity index is 2.34. The number of aromatic carboxylic acids is 1. The van der Waals surface area contributed by atoms with Gasteiger partial charge in [0.1, 0.15) is 0 Å². The number of hydrogen-bond donors (Lipinski definition) is 3. The van der Waals surface area contributed by atoms with Gasteiger partial charge in [-0.2, -0.15) is 0 Å². The van der Waals surface area contributed by atoms with E-state index in [4.69, 9.17) is 5.11 Å². The molecule has 6 heteroatoms. The summed E-state index contributed by atoms with van der Waals surface area (Å²) in [7, 11) is 0. The van der Waals surface area contributed by atoms with E-state index in [0.717, 1.165) is 0 Å². The van der Waals surface area contributed by atoms with Crippen LogP contribution < -0.4 is 5.32 Å². The van der Waals surface area contributed by atoms with Crippen LogP contribution in [0.1, 0.15) is 32.3 Å². The van der Waals surface area contributed by atoms with Crippen LogP contribution in [0.15, 0.2) is 54.6 Å². The van der Waals surface area contributed by atoms with Gasteiger partial charge in [-0.15, -0.1) is 0 Å². The quantitative estimate of drug-likeness (QED) is 0.782. The molecule has 0 heterocycles. The molecule has 2 aromatic rings. The van der Waals surface area contributed by atoms with Crippen LogP contribution in [0, 0.1) is 0 Å². The van der Waals surface area contributed by atoms with Crippen LogP contribution >= 0.6 is 0 Å². The molecule has 2 aromatic carbocycles. The average molecular weight is 299 g/mol. The van der Waals surface area contributed by atoms with E-state index in [-0.39, 0.29) is 11.1 Å². The Bertz CT molecular complexity index is 711. The Kier molecular flexibility index (Phi) is 4.53. The Morgan fingerprint density at radius 1 is 0.864 bits per heavy atom. The van der Waals surface area contributed by atoms with Crippen molar-refractivity contribution in [3.63, 3.8) is 0 Å². The molecule has 0 saturated heterocycles. The minimum absolute atomic E-state index is 0.0202. The molecule has 0 aliphatic heterocycles. The second-order valence-corrected chi connectivity index (χ2v) is 4.50. The number of hydrogen-bond acceptors (Lipinski definition) is 3. The van der Waals surface area contributed by atoms with Gasteiger partial charge in [0.15, 0.2) is 6.04 Å². The van der Waals surface area contributed by atoms with Crippen LogP contribution in [0.3, 0.4) is 0 Å². The highest BCUT2D eigenvalue weighted by Gasteiger charge is 2.26. The zero-order valence-corrected chi connectivity index (χ0v) is 11.4. The van der Waals surface area contributed by atoms with Crippen molar-refractivity contribution in [1.29, 1.82) is 0 Å².